The van der Waals surface area contributed by atoms with E-state index in [2.05, 4.69) is 5.10 Å². The Bertz CT molecular complexity index is 667. The molecule has 0 fully saturated rings. The lowest BCUT2D eigenvalue weighted by atomic mass is 10.2. The Hall–Kier alpha value is -2.57. The van der Waals surface area contributed by atoms with Gasteiger partial charge in [-0.05, 0) is 0 Å². The smallest absolute Gasteiger partial charge is 0.294 e. The first kappa shape index (κ1) is 13.9. The number of halogens is 1. The van der Waals surface area contributed by atoms with Crippen LogP contribution >= 0.6 is 0 Å². The van der Waals surface area contributed by atoms with Crippen molar-refractivity contribution in [3.8, 4) is 0 Å². The zero-order valence-electron chi connectivity index (χ0n) is 10.7. The third-order valence-corrected chi connectivity index (χ3v) is 2.86. The Kier molecular flexibility index (Phi) is 3.88. The van der Waals surface area contributed by atoms with Crippen molar-refractivity contribution in [3.05, 3.63) is 57.7 Å². The largest absolute Gasteiger partial charge is 0.305 e. The fourth-order valence-electron chi connectivity index (χ4n) is 1.80. The first-order valence-electron chi connectivity index (χ1n) is 6.00. The van der Waals surface area contributed by atoms with E-state index in [0.29, 0.717) is 12.0 Å². The second-order valence-corrected chi connectivity index (χ2v) is 4.21. The second kappa shape index (κ2) is 5.60. The zero-order valence-corrected chi connectivity index (χ0v) is 10.7. The molecule has 0 unspecified atom stereocenters. The number of Topliss-reactive ketones (excluding diaryl/α,β-unsaturated/α-hetero) is 1. The van der Waals surface area contributed by atoms with Crippen molar-refractivity contribution >= 4 is 11.5 Å². The highest BCUT2D eigenvalue weighted by Crippen LogP contribution is 2.20. The van der Waals surface area contributed by atoms with Crippen LogP contribution < -0.4 is 0 Å². The quantitative estimate of drug-likeness (QED) is 0.478. The van der Waals surface area contributed by atoms with Crippen LogP contribution in [0.4, 0.5) is 10.1 Å². The molecule has 2 rings (SSSR count). The van der Waals surface area contributed by atoms with Crippen molar-refractivity contribution in [1.29, 1.82) is 0 Å². The average Bonchev–Trinajstić information content (AvgIpc) is 2.88. The number of rotatable bonds is 5. The molecule has 0 N–H and O–H groups in total. The number of benzene rings is 1. The van der Waals surface area contributed by atoms with E-state index in [4.69, 9.17) is 0 Å². The van der Waals surface area contributed by atoms with E-state index in [-0.39, 0.29) is 17.9 Å². The summed E-state index contributed by atoms with van der Waals surface area (Å²) in [5, 5.41) is 14.6. The van der Waals surface area contributed by atoms with Crippen LogP contribution in [0, 0.1) is 15.9 Å². The number of carbonyl (C=O) groups excluding carboxylic acids is 1. The van der Waals surface area contributed by atoms with Gasteiger partial charge in [0.1, 0.15) is 0 Å². The van der Waals surface area contributed by atoms with Crippen molar-refractivity contribution in [3.63, 3.8) is 0 Å². The lowest BCUT2D eigenvalue weighted by molar-refractivity contribution is -0.387. The average molecular weight is 277 g/mol. The van der Waals surface area contributed by atoms with Gasteiger partial charge >= 0.3 is 5.69 Å². The second-order valence-electron chi connectivity index (χ2n) is 4.21. The summed E-state index contributed by atoms with van der Waals surface area (Å²) < 4.78 is 15.3. The van der Waals surface area contributed by atoms with Crippen molar-refractivity contribution in [2.75, 3.05) is 0 Å². The van der Waals surface area contributed by atoms with E-state index in [9.17, 15) is 19.3 Å². The van der Waals surface area contributed by atoms with E-state index in [1.807, 2.05) is 0 Å². The predicted molar refractivity (Wildman–Crippen MR) is 69.0 cm³/mol. The molecular weight excluding hydrogens is 265 g/mol. The molecule has 0 spiro atoms. The number of nitro benzene ring substituents is 1. The monoisotopic (exact) mass is 277 g/mol. The molecule has 2 aromatic rings. The molecule has 0 aliphatic heterocycles. The van der Waals surface area contributed by atoms with Gasteiger partial charge in [-0.1, -0.05) is 19.1 Å². The molecule has 0 bridgehead atoms. The van der Waals surface area contributed by atoms with E-state index in [1.165, 1.54) is 29.2 Å². The molecule has 1 aromatic heterocycles. The molecule has 0 aliphatic carbocycles. The first-order valence-corrected chi connectivity index (χ1v) is 6.00. The number of aromatic nitrogens is 2. The van der Waals surface area contributed by atoms with Gasteiger partial charge in [-0.15, -0.1) is 0 Å². The van der Waals surface area contributed by atoms with Gasteiger partial charge in [-0.2, -0.15) is 9.49 Å². The van der Waals surface area contributed by atoms with Gasteiger partial charge < -0.3 is 0 Å². The van der Waals surface area contributed by atoms with Crippen LogP contribution in [-0.2, 0) is 6.54 Å². The first-order chi connectivity index (χ1) is 9.52. The SMILES string of the molecule is CCC(=O)c1cnn(Cc2cccc([N+](=O)[O-])c2F)c1. The molecule has 1 heterocycles. The minimum atomic E-state index is -0.878. The Labute approximate surface area is 114 Å². The lowest BCUT2D eigenvalue weighted by Crippen LogP contribution is -2.04. The topological polar surface area (TPSA) is 78.0 Å². The number of hydrogen-bond donors (Lipinski definition) is 0. The summed E-state index contributed by atoms with van der Waals surface area (Å²) in [4.78, 5) is 21.4. The molecule has 6 nitrogen and oxygen atoms in total. The third kappa shape index (κ3) is 2.71. The minimum absolute atomic E-state index is 0.0322. The number of ketones is 1. The summed E-state index contributed by atoms with van der Waals surface area (Å²) in [6.45, 7) is 1.77. The van der Waals surface area contributed by atoms with Gasteiger partial charge in [-0.3, -0.25) is 19.6 Å². The molecule has 0 aliphatic rings. The number of carbonyl (C=O) groups is 1. The minimum Gasteiger partial charge on any atom is -0.294 e. The molecule has 0 saturated carbocycles. The maximum atomic E-state index is 13.9. The Morgan fingerprint density at radius 2 is 2.25 bits per heavy atom. The highest BCUT2D eigenvalue weighted by atomic mass is 19.1. The summed E-state index contributed by atoms with van der Waals surface area (Å²) in [5.41, 5.74) is 0.0238. The molecule has 0 amide bonds. The lowest BCUT2D eigenvalue weighted by Gasteiger charge is -2.03. The molecule has 7 heteroatoms. The fourth-order valence-corrected chi connectivity index (χ4v) is 1.80. The maximum absolute atomic E-state index is 13.9. The Balaban J connectivity index is 2.26. The summed E-state index contributed by atoms with van der Waals surface area (Å²) in [5.74, 6) is -0.938. The van der Waals surface area contributed by atoms with Crippen LogP contribution in [0.2, 0.25) is 0 Å². The maximum Gasteiger partial charge on any atom is 0.305 e. The molecular formula is C13H12FN3O3. The fraction of sp³-hybridized carbons (Fsp3) is 0.231. The van der Waals surface area contributed by atoms with Gasteiger partial charge in [0.25, 0.3) is 0 Å². The predicted octanol–water partition coefficient (Wildman–Crippen LogP) is 2.57. The van der Waals surface area contributed by atoms with Gasteiger partial charge in [0.2, 0.25) is 5.82 Å². The van der Waals surface area contributed by atoms with E-state index in [1.54, 1.807) is 6.92 Å². The third-order valence-electron chi connectivity index (χ3n) is 2.86. The summed E-state index contributed by atoms with van der Waals surface area (Å²) in [7, 11) is 0. The zero-order chi connectivity index (χ0) is 14.7. The van der Waals surface area contributed by atoms with Crippen LogP contribution in [0.25, 0.3) is 0 Å². The molecule has 1 aromatic carbocycles. The molecule has 0 saturated heterocycles. The van der Waals surface area contributed by atoms with Crippen LogP contribution in [0.3, 0.4) is 0 Å². The van der Waals surface area contributed by atoms with E-state index >= 15 is 0 Å². The molecule has 0 radical (unpaired) electrons. The summed E-state index contributed by atoms with van der Waals surface area (Å²) in [6, 6.07) is 3.97. The highest BCUT2D eigenvalue weighted by molar-refractivity contribution is 5.95. The van der Waals surface area contributed by atoms with Gasteiger partial charge in [0.05, 0.1) is 23.2 Å². The van der Waals surface area contributed by atoms with Gasteiger partial charge in [-0.25, -0.2) is 0 Å². The normalized spacial score (nSPS) is 10.5. The van der Waals surface area contributed by atoms with Crippen LogP contribution in [0.1, 0.15) is 29.3 Å². The number of nitro groups is 1. The van der Waals surface area contributed by atoms with Crippen molar-refractivity contribution in [2.45, 2.75) is 19.9 Å². The summed E-state index contributed by atoms with van der Waals surface area (Å²) >= 11 is 0. The Morgan fingerprint density at radius 1 is 1.50 bits per heavy atom. The van der Waals surface area contributed by atoms with E-state index in [0.717, 1.165) is 6.07 Å². The van der Waals surface area contributed by atoms with Crippen molar-refractivity contribution in [1.82, 2.24) is 9.78 Å². The molecule has 0 atom stereocenters. The summed E-state index contributed by atoms with van der Waals surface area (Å²) in [6.07, 6.45) is 3.27. The van der Waals surface area contributed by atoms with Crippen LogP contribution in [-0.4, -0.2) is 20.5 Å². The van der Waals surface area contributed by atoms with Gasteiger partial charge in [0.15, 0.2) is 5.78 Å². The van der Waals surface area contributed by atoms with Crippen LogP contribution in [0.15, 0.2) is 30.6 Å². The van der Waals surface area contributed by atoms with Gasteiger partial charge in [0, 0.05) is 24.2 Å². The number of nitrogens with zero attached hydrogens (tertiary/aromatic N) is 3. The van der Waals surface area contributed by atoms with Crippen molar-refractivity contribution < 1.29 is 14.1 Å². The standard InChI is InChI=1S/C13H12FN3O3/c1-2-12(18)10-6-15-16(8-10)7-9-4-3-5-11(13(9)14)17(19)20/h3-6,8H,2,7H2,1H3. The van der Waals surface area contributed by atoms with E-state index < -0.39 is 16.4 Å². The Morgan fingerprint density at radius 3 is 2.90 bits per heavy atom. The molecule has 104 valence electrons. The van der Waals surface area contributed by atoms with Crippen LogP contribution in [0.5, 0.6) is 0 Å². The number of hydrogen-bond acceptors (Lipinski definition) is 4. The highest BCUT2D eigenvalue weighted by Gasteiger charge is 2.17. The van der Waals surface area contributed by atoms with Crippen molar-refractivity contribution in [2.24, 2.45) is 0 Å². The molecule has 20 heavy (non-hydrogen) atoms.